The molecule has 0 aliphatic rings. The van der Waals surface area contributed by atoms with E-state index in [0.717, 1.165) is 23.3 Å². The quantitative estimate of drug-likeness (QED) is 0.357. The Balaban J connectivity index is 1.83. The van der Waals surface area contributed by atoms with E-state index in [1.165, 1.54) is 0 Å². The first-order valence-electron chi connectivity index (χ1n) is 7.03. The zero-order valence-electron chi connectivity index (χ0n) is 12.5. The van der Waals surface area contributed by atoms with Gasteiger partial charge in [0, 0.05) is 23.3 Å². The molecule has 0 heterocycles. The van der Waals surface area contributed by atoms with E-state index >= 15 is 0 Å². The smallest absolute Gasteiger partial charge is 0.332 e. The molecular formula is C18H14Br2O4. The summed E-state index contributed by atoms with van der Waals surface area (Å²) in [6.07, 6.45) is 2.06. The number of hydrogen-bond donors (Lipinski definition) is 0. The van der Waals surface area contributed by atoms with Crippen LogP contribution in [0.2, 0.25) is 0 Å². The van der Waals surface area contributed by atoms with Gasteiger partial charge >= 0.3 is 11.9 Å². The summed E-state index contributed by atoms with van der Waals surface area (Å²) in [4.78, 5) is 23.5. The summed E-state index contributed by atoms with van der Waals surface area (Å²) in [5.41, 5.74) is 1.60. The second kappa shape index (κ2) is 9.39. The molecular weight excluding hydrogens is 440 g/mol. The molecule has 0 aliphatic carbocycles. The first-order chi connectivity index (χ1) is 11.6. The molecule has 0 aliphatic heterocycles. The molecule has 2 atom stereocenters. The predicted molar refractivity (Wildman–Crippen MR) is 97.5 cm³/mol. The average molecular weight is 454 g/mol. The van der Waals surface area contributed by atoms with E-state index in [1.54, 1.807) is 0 Å². The summed E-state index contributed by atoms with van der Waals surface area (Å²) in [6, 6.07) is 18.4. The fraction of sp³-hybridized carbons (Fsp3) is 0.111. The number of rotatable bonds is 6. The lowest BCUT2D eigenvalue weighted by molar-refractivity contribution is -0.141. The Morgan fingerprint density at radius 1 is 0.708 bits per heavy atom. The maximum atomic E-state index is 11.7. The van der Waals surface area contributed by atoms with Gasteiger partial charge in [0.2, 0.25) is 0 Å². The summed E-state index contributed by atoms with van der Waals surface area (Å²) in [7, 11) is 0. The number of ether oxygens (including phenoxy) is 2. The van der Waals surface area contributed by atoms with Gasteiger partial charge in [0.1, 0.15) is 0 Å². The summed E-state index contributed by atoms with van der Waals surface area (Å²) in [6.45, 7) is 0. The van der Waals surface area contributed by atoms with Crippen LogP contribution in [0, 0.1) is 0 Å². The fourth-order valence-corrected chi connectivity index (χ4v) is 2.74. The Hall–Kier alpha value is -1.92. The molecule has 0 bridgehead atoms. The highest BCUT2D eigenvalue weighted by Crippen LogP contribution is 2.25. The van der Waals surface area contributed by atoms with Gasteiger partial charge in [-0.15, -0.1) is 0 Å². The van der Waals surface area contributed by atoms with Crippen LogP contribution >= 0.6 is 31.9 Å². The first-order valence-corrected chi connectivity index (χ1v) is 8.87. The topological polar surface area (TPSA) is 52.6 Å². The van der Waals surface area contributed by atoms with Crippen molar-refractivity contribution >= 4 is 43.8 Å². The lowest BCUT2D eigenvalue weighted by Gasteiger charge is -2.11. The van der Waals surface area contributed by atoms with Gasteiger partial charge < -0.3 is 9.47 Å². The Labute approximate surface area is 156 Å². The minimum atomic E-state index is -0.650. The van der Waals surface area contributed by atoms with Gasteiger partial charge in [-0.3, -0.25) is 0 Å². The van der Waals surface area contributed by atoms with Gasteiger partial charge in [-0.1, -0.05) is 60.7 Å². The van der Waals surface area contributed by atoms with Crippen LogP contribution in [0.4, 0.5) is 0 Å². The van der Waals surface area contributed by atoms with E-state index in [9.17, 15) is 9.59 Å². The lowest BCUT2D eigenvalue weighted by Crippen LogP contribution is -2.07. The Kier molecular flexibility index (Phi) is 7.21. The van der Waals surface area contributed by atoms with E-state index in [0.29, 0.717) is 0 Å². The third-order valence-electron chi connectivity index (χ3n) is 2.92. The zero-order chi connectivity index (χ0) is 17.4. The Morgan fingerprint density at radius 2 is 1.04 bits per heavy atom. The third kappa shape index (κ3) is 5.94. The van der Waals surface area contributed by atoms with Crippen molar-refractivity contribution in [3.63, 3.8) is 0 Å². The van der Waals surface area contributed by atoms with Crippen molar-refractivity contribution in [2.45, 2.75) is 10.0 Å². The summed E-state index contributed by atoms with van der Waals surface area (Å²) in [5, 5.41) is -1.17. The van der Waals surface area contributed by atoms with E-state index in [-0.39, 0.29) is 0 Å². The van der Waals surface area contributed by atoms with Crippen LogP contribution in [0.25, 0.3) is 0 Å². The van der Waals surface area contributed by atoms with Crippen LogP contribution in [-0.4, -0.2) is 11.9 Å². The second-order valence-electron chi connectivity index (χ2n) is 4.66. The van der Waals surface area contributed by atoms with Crippen molar-refractivity contribution in [3.8, 4) is 0 Å². The van der Waals surface area contributed by atoms with Gasteiger partial charge in [0.05, 0.1) is 0 Å². The molecule has 0 N–H and O–H groups in total. The SMILES string of the molecule is O=C(C=CC(=O)OC(Br)c1ccccc1)OC(Br)c1ccccc1. The van der Waals surface area contributed by atoms with Gasteiger partial charge in [-0.05, 0) is 31.9 Å². The highest BCUT2D eigenvalue weighted by molar-refractivity contribution is 9.09. The molecule has 4 nitrogen and oxygen atoms in total. The number of esters is 2. The predicted octanol–water partition coefficient (Wildman–Crippen LogP) is 4.82. The maximum Gasteiger partial charge on any atom is 0.332 e. The molecule has 2 rings (SSSR count). The third-order valence-corrected chi connectivity index (χ3v) is 4.35. The number of benzene rings is 2. The molecule has 0 aromatic heterocycles. The minimum absolute atomic E-state index is 0.583. The van der Waals surface area contributed by atoms with Crippen molar-refractivity contribution in [1.29, 1.82) is 0 Å². The lowest BCUT2D eigenvalue weighted by atomic mass is 10.2. The van der Waals surface area contributed by atoms with Crippen molar-refractivity contribution in [3.05, 3.63) is 83.9 Å². The van der Waals surface area contributed by atoms with Crippen LogP contribution in [0.15, 0.2) is 72.8 Å². The molecule has 0 fully saturated rings. The normalized spacial score (nSPS) is 13.2. The van der Waals surface area contributed by atoms with Gasteiger partial charge in [0.25, 0.3) is 0 Å². The number of alkyl halides is 2. The maximum absolute atomic E-state index is 11.7. The van der Waals surface area contributed by atoms with E-state index in [2.05, 4.69) is 31.9 Å². The molecule has 0 saturated heterocycles. The molecule has 0 saturated carbocycles. The van der Waals surface area contributed by atoms with Crippen molar-refractivity contribution in [1.82, 2.24) is 0 Å². The number of halogens is 2. The average Bonchev–Trinajstić information content (AvgIpc) is 2.61. The first kappa shape index (κ1) is 18.4. The highest BCUT2D eigenvalue weighted by atomic mass is 79.9. The largest absolute Gasteiger partial charge is 0.443 e. The van der Waals surface area contributed by atoms with E-state index in [4.69, 9.17) is 9.47 Å². The van der Waals surface area contributed by atoms with Crippen molar-refractivity contribution < 1.29 is 19.1 Å². The van der Waals surface area contributed by atoms with Crippen LogP contribution in [0.3, 0.4) is 0 Å². The molecule has 24 heavy (non-hydrogen) atoms. The monoisotopic (exact) mass is 452 g/mol. The van der Waals surface area contributed by atoms with Gasteiger partial charge in [0.15, 0.2) is 10.0 Å². The fourth-order valence-electron chi connectivity index (χ4n) is 1.76. The number of carbonyl (C=O) groups is 2. The zero-order valence-corrected chi connectivity index (χ0v) is 15.6. The van der Waals surface area contributed by atoms with Crippen LogP contribution in [-0.2, 0) is 19.1 Å². The van der Waals surface area contributed by atoms with Crippen LogP contribution < -0.4 is 0 Å². The summed E-state index contributed by atoms with van der Waals surface area (Å²) < 4.78 is 10.3. The standard InChI is InChI=1S/C18H14Br2O4/c19-17(13-7-3-1-4-8-13)23-15(21)11-12-16(22)24-18(20)14-9-5-2-6-10-14/h1-12,17-18H. The molecule has 6 heteroatoms. The molecule has 124 valence electrons. The van der Waals surface area contributed by atoms with Crippen LogP contribution in [0.1, 0.15) is 21.2 Å². The summed E-state index contributed by atoms with van der Waals surface area (Å²) in [5.74, 6) is -1.30. The highest BCUT2D eigenvalue weighted by Gasteiger charge is 2.13. The minimum Gasteiger partial charge on any atom is -0.443 e. The van der Waals surface area contributed by atoms with Gasteiger partial charge in [-0.25, -0.2) is 9.59 Å². The summed E-state index contributed by atoms with van der Waals surface area (Å²) >= 11 is 6.53. The van der Waals surface area contributed by atoms with Gasteiger partial charge in [-0.2, -0.15) is 0 Å². The second-order valence-corrected chi connectivity index (χ2v) is 6.32. The molecule has 0 amide bonds. The molecule has 0 radical (unpaired) electrons. The Bertz CT molecular complexity index is 640. The molecule has 0 spiro atoms. The van der Waals surface area contributed by atoms with E-state index < -0.39 is 22.0 Å². The van der Waals surface area contributed by atoms with Crippen molar-refractivity contribution in [2.24, 2.45) is 0 Å². The Morgan fingerprint density at radius 3 is 1.38 bits per heavy atom. The number of hydrogen-bond acceptors (Lipinski definition) is 4. The molecule has 2 unspecified atom stereocenters. The van der Waals surface area contributed by atoms with E-state index in [1.807, 2.05) is 60.7 Å². The number of carbonyl (C=O) groups excluding carboxylic acids is 2. The molecule has 2 aromatic carbocycles. The molecule has 2 aromatic rings. The van der Waals surface area contributed by atoms with Crippen molar-refractivity contribution in [2.75, 3.05) is 0 Å². The van der Waals surface area contributed by atoms with Crippen LogP contribution in [0.5, 0.6) is 0 Å².